The first kappa shape index (κ1) is 19.5. The van der Waals surface area contributed by atoms with Gasteiger partial charge >= 0.3 is 11.7 Å². The van der Waals surface area contributed by atoms with E-state index < -0.39 is 11.7 Å². The van der Waals surface area contributed by atoms with E-state index in [-0.39, 0.29) is 5.56 Å². The molecule has 0 amide bonds. The molecule has 0 aliphatic heterocycles. The molecule has 3 aromatic rings. The fourth-order valence-corrected chi connectivity index (χ4v) is 4.04. The van der Waals surface area contributed by atoms with Gasteiger partial charge in [-0.05, 0) is 35.4 Å². The van der Waals surface area contributed by atoms with Crippen LogP contribution >= 0.6 is 35.1 Å². The first-order valence-corrected chi connectivity index (χ1v) is 10.1. The second-order valence-corrected chi connectivity index (χ2v) is 7.80. The number of hydrogen-bond acceptors (Lipinski definition) is 6. The van der Waals surface area contributed by atoms with E-state index in [4.69, 9.17) is 16.7 Å². The summed E-state index contributed by atoms with van der Waals surface area (Å²) in [5.74, 6) is 0.0957. The molecule has 138 valence electrons. The fraction of sp³-hybridized carbons (Fsp3) is 0.111. The van der Waals surface area contributed by atoms with Crippen molar-refractivity contribution in [2.45, 2.75) is 21.8 Å². The van der Waals surface area contributed by atoms with Gasteiger partial charge in [0.05, 0.1) is 5.56 Å². The van der Waals surface area contributed by atoms with Crippen molar-refractivity contribution in [1.82, 2.24) is 15.0 Å². The number of nitrogens with zero attached hydrogens (tertiary/aromatic N) is 2. The lowest BCUT2D eigenvalue weighted by molar-refractivity contribution is 0.0697. The first-order chi connectivity index (χ1) is 13.0. The van der Waals surface area contributed by atoms with Crippen molar-refractivity contribution in [3.63, 3.8) is 0 Å². The number of aromatic nitrogens is 3. The number of H-pyrrole nitrogens is 1. The molecule has 1 heterocycles. The summed E-state index contributed by atoms with van der Waals surface area (Å²) in [5.41, 5.74) is 1.59. The maximum atomic E-state index is 11.8. The minimum atomic E-state index is -0.975. The number of aromatic carboxylic acids is 1. The smallest absolute Gasteiger partial charge is 0.349 e. The predicted octanol–water partition coefficient (Wildman–Crippen LogP) is 4.10. The summed E-state index contributed by atoms with van der Waals surface area (Å²) in [6, 6.07) is 14.1. The van der Waals surface area contributed by atoms with Crippen molar-refractivity contribution < 1.29 is 9.90 Å². The highest BCUT2D eigenvalue weighted by Crippen LogP contribution is 2.23. The highest BCUT2D eigenvalue weighted by molar-refractivity contribution is 7.99. The van der Waals surface area contributed by atoms with Crippen molar-refractivity contribution in [3.05, 3.63) is 80.7 Å². The third-order valence-electron chi connectivity index (χ3n) is 3.41. The number of aromatic amines is 1. The summed E-state index contributed by atoms with van der Waals surface area (Å²) in [7, 11) is 0. The molecule has 0 unspecified atom stereocenters. The number of carbonyl (C=O) groups is 1. The molecule has 27 heavy (non-hydrogen) atoms. The Kier molecular flexibility index (Phi) is 6.54. The molecular weight excluding hydrogens is 406 g/mol. The van der Waals surface area contributed by atoms with E-state index in [9.17, 15) is 9.59 Å². The second kappa shape index (κ2) is 9.07. The molecule has 6 nitrogen and oxygen atoms in total. The van der Waals surface area contributed by atoms with Gasteiger partial charge in [-0.1, -0.05) is 59.4 Å². The van der Waals surface area contributed by atoms with Gasteiger partial charge in [0.25, 0.3) is 0 Å². The molecule has 9 heteroatoms. The van der Waals surface area contributed by atoms with E-state index in [0.29, 0.717) is 26.8 Å². The van der Waals surface area contributed by atoms with Crippen LogP contribution in [0.15, 0.2) is 63.6 Å². The van der Waals surface area contributed by atoms with E-state index in [1.807, 2.05) is 24.3 Å². The van der Waals surface area contributed by atoms with Gasteiger partial charge < -0.3 is 5.11 Å². The summed E-state index contributed by atoms with van der Waals surface area (Å²) in [5, 5.41) is 10.5. The zero-order valence-electron chi connectivity index (χ0n) is 13.9. The topological polar surface area (TPSA) is 95.9 Å². The number of carboxylic acids is 1. The van der Waals surface area contributed by atoms with Gasteiger partial charge in [0.1, 0.15) is 0 Å². The van der Waals surface area contributed by atoms with Crippen molar-refractivity contribution in [1.29, 1.82) is 0 Å². The minimum Gasteiger partial charge on any atom is -0.478 e. The van der Waals surface area contributed by atoms with Crippen molar-refractivity contribution >= 4 is 41.1 Å². The molecule has 0 saturated carbocycles. The first-order valence-electron chi connectivity index (χ1n) is 7.80. The van der Waals surface area contributed by atoms with Crippen LogP contribution in [0.25, 0.3) is 0 Å². The van der Waals surface area contributed by atoms with E-state index in [0.717, 1.165) is 11.1 Å². The number of hydrogen-bond donors (Lipinski definition) is 2. The molecule has 0 atom stereocenters. The molecule has 0 bridgehead atoms. The maximum Gasteiger partial charge on any atom is 0.349 e. The standard InChI is InChI=1S/C18H14ClN3O3S2/c19-14-6-2-4-12(8-14)10-27-18-21-16(25)20-17(22-18)26-9-11-3-1-5-13(7-11)15(23)24/h1-8H,9-10H2,(H,23,24)(H,20,21,22,25). The summed E-state index contributed by atoms with van der Waals surface area (Å²) >= 11 is 8.63. The van der Waals surface area contributed by atoms with Gasteiger partial charge in [-0.3, -0.25) is 4.98 Å². The molecular formula is C18H14ClN3O3S2. The average Bonchev–Trinajstić information content (AvgIpc) is 2.65. The van der Waals surface area contributed by atoms with Gasteiger partial charge in [0.15, 0.2) is 10.3 Å². The van der Waals surface area contributed by atoms with E-state index in [1.54, 1.807) is 18.2 Å². The van der Waals surface area contributed by atoms with Crippen LogP contribution < -0.4 is 5.69 Å². The molecule has 0 aliphatic rings. The van der Waals surface area contributed by atoms with Crippen LogP contribution in [0.5, 0.6) is 0 Å². The zero-order valence-corrected chi connectivity index (χ0v) is 16.3. The van der Waals surface area contributed by atoms with Crippen LogP contribution in [0, 0.1) is 0 Å². The van der Waals surface area contributed by atoms with Crippen LogP contribution in [-0.2, 0) is 11.5 Å². The Morgan fingerprint density at radius 1 is 1.04 bits per heavy atom. The number of halogens is 1. The molecule has 0 aliphatic carbocycles. The van der Waals surface area contributed by atoms with Gasteiger partial charge in [-0.15, -0.1) is 0 Å². The van der Waals surface area contributed by atoms with Gasteiger partial charge in [-0.25, -0.2) is 9.59 Å². The van der Waals surface area contributed by atoms with Crippen molar-refractivity contribution in [3.8, 4) is 0 Å². The average molecular weight is 420 g/mol. The van der Waals surface area contributed by atoms with Crippen molar-refractivity contribution in [2.24, 2.45) is 0 Å². The molecule has 0 saturated heterocycles. The van der Waals surface area contributed by atoms with E-state index in [1.165, 1.54) is 29.6 Å². The number of carboxylic acid groups (broad SMARTS) is 1. The third-order valence-corrected chi connectivity index (χ3v) is 5.51. The Bertz CT molecular complexity index is 1030. The quantitative estimate of drug-likeness (QED) is 0.556. The molecule has 1 aromatic heterocycles. The Labute approximate surface area is 168 Å². The molecule has 3 rings (SSSR count). The predicted molar refractivity (Wildman–Crippen MR) is 107 cm³/mol. The minimum absolute atomic E-state index is 0.224. The van der Waals surface area contributed by atoms with Crippen LogP contribution in [0.2, 0.25) is 5.02 Å². The Balaban J connectivity index is 1.67. The number of thioether (sulfide) groups is 2. The third kappa shape index (κ3) is 5.85. The van der Waals surface area contributed by atoms with Crippen LogP contribution in [-0.4, -0.2) is 26.0 Å². The summed E-state index contributed by atoms with van der Waals surface area (Å²) in [6.07, 6.45) is 0. The Morgan fingerprint density at radius 3 is 2.48 bits per heavy atom. The van der Waals surface area contributed by atoms with Gasteiger partial charge in [-0.2, -0.15) is 9.97 Å². The summed E-state index contributed by atoms with van der Waals surface area (Å²) in [6.45, 7) is 0. The largest absolute Gasteiger partial charge is 0.478 e. The lowest BCUT2D eigenvalue weighted by Gasteiger charge is -2.05. The summed E-state index contributed by atoms with van der Waals surface area (Å²) in [4.78, 5) is 33.7. The Hall–Kier alpha value is -2.29. The Morgan fingerprint density at radius 2 is 1.74 bits per heavy atom. The number of benzene rings is 2. The second-order valence-electron chi connectivity index (χ2n) is 5.45. The lowest BCUT2D eigenvalue weighted by Crippen LogP contribution is -2.13. The highest BCUT2D eigenvalue weighted by atomic mass is 35.5. The zero-order chi connectivity index (χ0) is 19.2. The summed E-state index contributed by atoms with van der Waals surface area (Å²) < 4.78 is 0. The maximum absolute atomic E-state index is 11.8. The van der Waals surface area contributed by atoms with Crippen LogP contribution in [0.1, 0.15) is 21.5 Å². The molecule has 0 radical (unpaired) electrons. The number of rotatable bonds is 7. The monoisotopic (exact) mass is 419 g/mol. The van der Waals surface area contributed by atoms with Crippen LogP contribution in [0.4, 0.5) is 0 Å². The lowest BCUT2D eigenvalue weighted by atomic mass is 10.1. The van der Waals surface area contributed by atoms with Crippen LogP contribution in [0.3, 0.4) is 0 Å². The SMILES string of the molecule is O=C(O)c1cccc(CSc2nc(SCc3cccc(Cl)c3)nc(=O)[nH]2)c1. The molecule has 2 N–H and O–H groups in total. The van der Waals surface area contributed by atoms with Crippen molar-refractivity contribution in [2.75, 3.05) is 0 Å². The molecule has 0 spiro atoms. The van der Waals surface area contributed by atoms with E-state index >= 15 is 0 Å². The van der Waals surface area contributed by atoms with Gasteiger partial charge in [0, 0.05) is 16.5 Å². The normalized spacial score (nSPS) is 10.7. The fourth-order valence-electron chi connectivity index (χ4n) is 2.20. The molecule has 0 fully saturated rings. The molecule has 2 aromatic carbocycles. The number of nitrogens with one attached hydrogen (secondary N) is 1. The highest BCUT2D eigenvalue weighted by Gasteiger charge is 2.08. The van der Waals surface area contributed by atoms with E-state index in [2.05, 4.69) is 15.0 Å². The van der Waals surface area contributed by atoms with Gasteiger partial charge in [0.2, 0.25) is 0 Å².